The van der Waals surface area contributed by atoms with Crippen LogP contribution in [-0.2, 0) is 14.8 Å². The van der Waals surface area contributed by atoms with Crippen molar-refractivity contribution in [2.45, 2.75) is 67.7 Å². The van der Waals surface area contributed by atoms with Gasteiger partial charge in [0.1, 0.15) is 4.90 Å². The molecule has 3 amide bonds. The van der Waals surface area contributed by atoms with Gasteiger partial charge < -0.3 is 5.32 Å². The zero-order valence-corrected chi connectivity index (χ0v) is 18.1. The van der Waals surface area contributed by atoms with Gasteiger partial charge in [0, 0.05) is 25.3 Å². The number of urea groups is 1. The number of thioether (sulfide) groups is 1. The molecule has 156 valence electrons. The predicted molar refractivity (Wildman–Crippen MR) is 109 cm³/mol. The fourth-order valence-electron chi connectivity index (χ4n) is 2.77. The van der Waals surface area contributed by atoms with Gasteiger partial charge in [0.05, 0.1) is 10.3 Å². The first-order valence-corrected chi connectivity index (χ1v) is 11.8. The van der Waals surface area contributed by atoms with Gasteiger partial charge >= 0.3 is 6.03 Å². The van der Waals surface area contributed by atoms with E-state index in [0.29, 0.717) is 18.1 Å². The van der Waals surface area contributed by atoms with E-state index in [0.717, 1.165) is 37.4 Å². The van der Waals surface area contributed by atoms with Crippen LogP contribution in [0.1, 0.15) is 46.5 Å². The van der Waals surface area contributed by atoms with E-state index in [4.69, 9.17) is 0 Å². The van der Waals surface area contributed by atoms with Crippen molar-refractivity contribution in [2.24, 2.45) is 0 Å². The quantitative estimate of drug-likeness (QED) is 0.674. The number of amides is 3. The van der Waals surface area contributed by atoms with Crippen LogP contribution in [0.2, 0.25) is 0 Å². The Kier molecular flexibility index (Phi) is 8.26. The van der Waals surface area contributed by atoms with E-state index in [1.165, 1.54) is 16.6 Å². The van der Waals surface area contributed by atoms with Crippen LogP contribution in [-0.4, -0.2) is 54.0 Å². The second-order valence-corrected chi connectivity index (χ2v) is 10.3. The lowest BCUT2D eigenvalue weighted by Gasteiger charge is -2.19. The molecule has 1 aromatic heterocycles. The van der Waals surface area contributed by atoms with Gasteiger partial charge in [-0.25, -0.2) is 18.2 Å². The number of nitrogens with zero attached hydrogens (tertiary/aromatic N) is 2. The molecule has 8 nitrogen and oxygen atoms in total. The minimum atomic E-state index is -3.55. The maximum atomic E-state index is 12.8. The Morgan fingerprint density at radius 1 is 1.11 bits per heavy atom. The van der Waals surface area contributed by atoms with Crippen LogP contribution >= 0.6 is 11.8 Å². The number of carbonyl (C=O) groups excluding carboxylic acids is 2. The summed E-state index contributed by atoms with van der Waals surface area (Å²) in [6.45, 7) is 6.33. The number of aromatic nitrogens is 1. The summed E-state index contributed by atoms with van der Waals surface area (Å²) in [4.78, 5) is 28.0. The van der Waals surface area contributed by atoms with Gasteiger partial charge in [0.15, 0.2) is 0 Å². The fraction of sp³-hybridized carbons (Fsp3) is 0.611. The molecule has 28 heavy (non-hydrogen) atoms. The van der Waals surface area contributed by atoms with Crippen molar-refractivity contribution >= 4 is 33.7 Å². The van der Waals surface area contributed by atoms with Crippen LogP contribution < -0.4 is 10.6 Å². The molecule has 2 rings (SSSR count). The summed E-state index contributed by atoms with van der Waals surface area (Å²) < 4.78 is 27.0. The van der Waals surface area contributed by atoms with Crippen LogP contribution in [0.15, 0.2) is 28.3 Å². The van der Waals surface area contributed by atoms with E-state index >= 15 is 0 Å². The number of hydrogen-bond acceptors (Lipinski definition) is 6. The Bertz CT molecular complexity index is 773. The van der Waals surface area contributed by atoms with E-state index in [2.05, 4.69) is 15.6 Å². The SMILES string of the molecule is CC(C)NC(=O)NC(=O)[C@@H](C)Sc1ccc(S(=O)(=O)N2CCCCCC2)cn1. The van der Waals surface area contributed by atoms with Gasteiger partial charge in [-0.3, -0.25) is 10.1 Å². The lowest BCUT2D eigenvalue weighted by atomic mass is 10.2. The van der Waals surface area contributed by atoms with Gasteiger partial charge in [0.2, 0.25) is 15.9 Å². The Balaban J connectivity index is 1.98. The molecule has 0 unspecified atom stereocenters. The minimum Gasteiger partial charge on any atom is -0.336 e. The Morgan fingerprint density at radius 3 is 2.29 bits per heavy atom. The lowest BCUT2D eigenvalue weighted by Crippen LogP contribution is -2.45. The Labute approximate surface area is 170 Å². The molecule has 0 bridgehead atoms. The fourth-order valence-corrected chi connectivity index (χ4v) is 5.02. The second kappa shape index (κ2) is 10.2. The lowest BCUT2D eigenvalue weighted by molar-refractivity contribution is -0.119. The van der Waals surface area contributed by atoms with Crippen molar-refractivity contribution in [1.82, 2.24) is 19.9 Å². The number of hydrogen-bond donors (Lipinski definition) is 2. The van der Waals surface area contributed by atoms with Gasteiger partial charge in [-0.05, 0) is 45.7 Å². The molecule has 0 saturated carbocycles. The summed E-state index contributed by atoms with van der Waals surface area (Å²) in [5.74, 6) is -0.439. The van der Waals surface area contributed by atoms with Crippen molar-refractivity contribution in [1.29, 1.82) is 0 Å². The molecule has 10 heteroatoms. The molecule has 1 aliphatic heterocycles. The van der Waals surface area contributed by atoms with Crippen molar-refractivity contribution < 1.29 is 18.0 Å². The maximum absolute atomic E-state index is 12.8. The highest BCUT2D eigenvalue weighted by Gasteiger charge is 2.26. The van der Waals surface area contributed by atoms with Crippen molar-refractivity contribution in [2.75, 3.05) is 13.1 Å². The summed E-state index contributed by atoms with van der Waals surface area (Å²) in [5.41, 5.74) is 0. The highest BCUT2D eigenvalue weighted by molar-refractivity contribution is 8.00. The summed E-state index contributed by atoms with van der Waals surface area (Å²) in [7, 11) is -3.55. The normalized spacial score (nSPS) is 17.0. The molecule has 0 spiro atoms. The molecule has 1 fully saturated rings. The maximum Gasteiger partial charge on any atom is 0.321 e. The van der Waals surface area contributed by atoms with E-state index in [9.17, 15) is 18.0 Å². The van der Waals surface area contributed by atoms with Crippen molar-refractivity contribution in [3.05, 3.63) is 18.3 Å². The number of carbonyl (C=O) groups is 2. The molecular weight excluding hydrogens is 400 g/mol. The number of rotatable bonds is 6. The van der Waals surface area contributed by atoms with Crippen LogP contribution in [0.3, 0.4) is 0 Å². The molecule has 0 aromatic carbocycles. The second-order valence-electron chi connectivity index (χ2n) is 7.03. The Hall–Kier alpha value is -1.65. The van der Waals surface area contributed by atoms with E-state index in [1.807, 2.05) is 0 Å². The molecule has 1 saturated heterocycles. The van der Waals surface area contributed by atoms with Crippen molar-refractivity contribution in [3.8, 4) is 0 Å². The van der Waals surface area contributed by atoms with Crippen molar-refractivity contribution in [3.63, 3.8) is 0 Å². The van der Waals surface area contributed by atoms with E-state index in [1.54, 1.807) is 26.8 Å². The van der Waals surface area contributed by atoms with Crippen LogP contribution in [0.4, 0.5) is 4.79 Å². The average Bonchev–Trinajstić information content (AvgIpc) is 2.91. The average molecular weight is 429 g/mol. The third-order valence-electron chi connectivity index (χ3n) is 4.24. The predicted octanol–water partition coefficient (Wildman–Crippen LogP) is 2.36. The third kappa shape index (κ3) is 6.46. The zero-order valence-electron chi connectivity index (χ0n) is 16.5. The topological polar surface area (TPSA) is 108 Å². The van der Waals surface area contributed by atoms with Crippen LogP contribution in [0, 0.1) is 0 Å². The summed E-state index contributed by atoms with van der Waals surface area (Å²) in [6.07, 6.45) is 5.18. The first-order valence-electron chi connectivity index (χ1n) is 9.44. The molecule has 1 aliphatic rings. The van der Waals surface area contributed by atoms with Gasteiger partial charge in [-0.1, -0.05) is 24.6 Å². The Morgan fingerprint density at radius 2 is 1.75 bits per heavy atom. The smallest absolute Gasteiger partial charge is 0.321 e. The van der Waals surface area contributed by atoms with Crippen LogP contribution in [0.5, 0.6) is 0 Å². The summed E-state index contributed by atoms with van der Waals surface area (Å²) >= 11 is 1.16. The van der Waals surface area contributed by atoms with Gasteiger partial charge in [0.25, 0.3) is 0 Å². The highest BCUT2D eigenvalue weighted by atomic mass is 32.2. The monoisotopic (exact) mass is 428 g/mol. The largest absolute Gasteiger partial charge is 0.336 e. The van der Waals surface area contributed by atoms with Crippen LogP contribution in [0.25, 0.3) is 0 Å². The molecule has 1 aromatic rings. The molecular formula is C18H28N4O4S2. The van der Waals surface area contributed by atoms with E-state index in [-0.39, 0.29) is 10.9 Å². The van der Waals surface area contributed by atoms with Gasteiger partial charge in [-0.15, -0.1) is 0 Å². The molecule has 2 N–H and O–H groups in total. The number of pyridine rings is 1. The standard InChI is InChI=1S/C18H28N4O4S2/c1-13(2)20-18(24)21-17(23)14(3)27-16-9-8-15(12-19-16)28(25,26)22-10-6-4-5-7-11-22/h8-9,12-14H,4-7,10-11H2,1-3H3,(H2,20,21,23,24)/t14-/m1/s1. The highest BCUT2D eigenvalue weighted by Crippen LogP contribution is 2.24. The first-order chi connectivity index (χ1) is 13.2. The molecule has 2 heterocycles. The van der Waals surface area contributed by atoms with Gasteiger partial charge in [-0.2, -0.15) is 4.31 Å². The minimum absolute atomic E-state index is 0.0730. The molecule has 0 radical (unpaired) electrons. The number of nitrogens with one attached hydrogen (secondary N) is 2. The summed E-state index contributed by atoms with van der Waals surface area (Å²) in [6, 6.07) is 2.49. The first kappa shape index (κ1) is 22.6. The number of imide groups is 1. The summed E-state index contributed by atoms with van der Waals surface area (Å²) in [5, 5.41) is 4.82. The number of sulfonamides is 1. The molecule has 0 aliphatic carbocycles. The molecule has 1 atom stereocenters. The van der Waals surface area contributed by atoms with E-state index < -0.39 is 27.2 Å². The third-order valence-corrected chi connectivity index (χ3v) is 7.17. The zero-order chi connectivity index (χ0) is 20.7.